The molecular formula is C3H9OZr-. The van der Waals surface area contributed by atoms with E-state index < -0.39 is 0 Å². The third kappa shape index (κ3) is 55.1. The molecule has 32 valence electrons. The molecule has 0 aliphatic rings. The maximum atomic E-state index is 3.49. The largest absolute Gasteiger partial charge is 0.412 e. The predicted octanol–water partition coefficient (Wildman–Crippen LogP) is 0.403. The van der Waals surface area contributed by atoms with Gasteiger partial charge in [-0.3, -0.25) is 0 Å². The van der Waals surface area contributed by atoms with Crippen LogP contribution >= 0.6 is 0 Å². The van der Waals surface area contributed by atoms with Gasteiger partial charge < -0.3 is 12.4 Å². The Labute approximate surface area is 52.2 Å². The topological polar surface area (TPSA) is 31.5 Å². The van der Waals surface area contributed by atoms with Crippen LogP contribution in [0.15, 0.2) is 0 Å². The summed E-state index contributed by atoms with van der Waals surface area (Å²) < 4.78 is 0. The van der Waals surface area contributed by atoms with Crippen LogP contribution in [0.1, 0.15) is 13.3 Å². The van der Waals surface area contributed by atoms with Crippen molar-refractivity contribution in [2.45, 2.75) is 13.3 Å². The number of hydrogen-bond acceptors (Lipinski definition) is 0. The summed E-state index contributed by atoms with van der Waals surface area (Å²) in [5, 5.41) is 0. The van der Waals surface area contributed by atoms with Gasteiger partial charge in [0.1, 0.15) is 0 Å². The van der Waals surface area contributed by atoms with E-state index in [2.05, 4.69) is 6.92 Å². The second kappa shape index (κ2) is 21.1. The van der Waals surface area contributed by atoms with Crippen LogP contribution in [0.4, 0.5) is 0 Å². The fourth-order valence-corrected chi connectivity index (χ4v) is 0. The first-order valence-corrected chi connectivity index (χ1v) is 1.21. The van der Waals surface area contributed by atoms with Gasteiger partial charge in [-0.1, -0.05) is 6.92 Å². The van der Waals surface area contributed by atoms with Crippen molar-refractivity contribution in [1.29, 1.82) is 0 Å². The van der Waals surface area contributed by atoms with Gasteiger partial charge >= 0.3 is 0 Å². The molecule has 0 atom stereocenters. The molecule has 0 amide bonds. The molecule has 0 aromatic rings. The van der Waals surface area contributed by atoms with E-state index in [9.17, 15) is 0 Å². The zero-order valence-corrected chi connectivity index (χ0v) is 5.87. The van der Waals surface area contributed by atoms with E-state index in [4.69, 9.17) is 0 Å². The zero-order valence-electron chi connectivity index (χ0n) is 3.41. The summed E-state index contributed by atoms with van der Waals surface area (Å²) in [6.45, 7) is 5.50. The monoisotopic (exact) mass is 151 g/mol. The maximum Gasteiger partial charge on any atom is 0 e. The normalized spacial score (nSPS) is 3.60. The molecule has 0 aliphatic heterocycles. The molecular weight excluding hydrogens is 143 g/mol. The van der Waals surface area contributed by atoms with Gasteiger partial charge in [-0.25, -0.2) is 0 Å². The quantitative estimate of drug-likeness (QED) is 0.450. The van der Waals surface area contributed by atoms with Crippen LogP contribution in [0.25, 0.3) is 0 Å². The number of rotatable bonds is 0. The van der Waals surface area contributed by atoms with Crippen molar-refractivity contribution in [3.05, 3.63) is 6.92 Å². The molecule has 0 fully saturated rings. The molecule has 2 N–H and O–H groups in total. The van der Waals surface area contributed by atoms with Crippen molar-refractivity contribution in [3.8, 4) is 0 Å². The van der Waals surface area contributed by atoms with Gasteiger partial charge in [0.25, 0.3) is 0 Å². The standard InChI is InChI=1S/C3H7.H2O.Zr/c1-3-2;;/h1,3H2,2H3;1H2;/q-1;;. The first-order chi connectivity index (χ1) is 1.41. The molecule has 5 heavy (non-hydrogen) atoms. The summed E-state index contributed by atoms with van der Waals surface area (Å²) in [7, 11) is 0. The summed E-state index contributed by atoms with van der Waals surface area (Å²) >= 11 is 0. The van der Waals surface area contributed by atoms with E-state index in [1.165, 1.54) is 0 Å². The van der Waals surface area contributed by atoms with Crippen LogP contribution in [0.5, 0.6) is 0 Å². The van der Waals surface area contributed by atoms with Crippen LogP contribution in [0, 0.1) is 6.92 Å². The smallest absolute Gasteiger partial charge is 0 e. The minimum absolute atomic E-state index is 0. The van der Waals surface area contributed by atoms with Crippen LogP contribution < -0.4 is 0 Å². The van der Waals surface area contributed by atoms with E-state index in [1.54, 1.807) is 0 Å². The third-order valence-corrected chi connectivity index (χ3v) is 0. The average molecular weight is 152 g/mol. The van der Waals surface area contributed by atoms with Crippen LogP contribution in [-0.4, -0.2) is 5.48 Å². The third-order valence-electron chi connectivity index (χ3n) is 0. The molecule has 0 rings (SSSR count). The molecule has 0 bridgehead atoms. The van der Waals surface area contributed by atoms with Gasteiger partial charge in [0, 0.05) is 26.2 Å². The molecule has 0 aromatic heterocycles. The summed E-state index contributed by atoms with van der Waals surface area (Å²) in [5.41, 5.74) is 0. The van der Waals surface area contributed by atoms with Gasteiger partial charge in [0.15, 0.2) is 0 Å². The van der Waals surface area contributed by atoms with Crippen molar-refractivity contribution in [2.24, 2.45) is 0 Å². The molecule has 0 saturated carbocycles. The first kappa shape index (κ1) is 17.0. The molecule has 2 heteroatoms. The molecule has 0 radical (unpaired) electrons. The Balaban J connectivity index is -0.0000000200. The van der Waals surface area contributed by atoms with E-state index in [0.717, 1.165) is 6.42 Å². The predicted molar refractivity (Wildman–Crippen MR) is 19.3 cm³/mol. The number of hydrogen-bond donors (Lipinski definition) is 0. The minimum atomic E-state index is 0. The Hall–Kier alpha value is 0.843. The van der Waals surface area contributed by atoms with Gasteiger partial charge in [-0.2, -0.15) is 6.42 Å². The van der Waals surface area contributed by atoms with Crippen LogP contribution in [-0.2, 0) is 26.2 Å². The summed E-state index contributed by atoms with van der Waals surface area (Å²) in [5.74, 6) is 0. The van der Waals surface area contributed by atoms with Crippen molar-refractivity contribution in [3.63, 3.8) is 0 Å². The van der Waals surface area contributed by atoms with Gasteiger partial charge in [-0.05, 0) is 0 Å². The van der Waals surface area contributed by atoms with Gasteiger partial charge in [0.2, 0.25) is 0 Å². The first-order valence-electron chi connectivity index (χ1n) is 1.21. The fourth-order valence-electron chi connectivity index (χ4n) is 0. The van der Waals surface area contributed by atoms with Crippen molar-refractivity contribution < 1.29 is 31.7 Å². The van der Waals surface area contributed by atoms with Crippen LogP contribution in [0.2, 0.25) is 0 Å². The van der Waals surface area contributed by atoms with Crippen molar-refractivity contribution in [2.75, 3.05) is 0 Å². The summed E-state index contributed by atoms with van der Waals surface area (Å²) in [6, 6.07) is 0. The van der Waals surface area contributed by atoms with Crippen molar-refractivity contribution >= 4 is 0 Å². The Morgan fingerprint density at radius 1 is 1.60 bits per heavy atom. The molecule has 0 aromatic carbocycles. The average Bonchev–Trinajstić information content (AvgIpc) is 0.918. The molecule has 0 aliphatic carbocycles. The fraction of sp³-hybridized carbons (Fsp3) is 0.667. The van der Waals surface area contributed by atoms with Gasteiger partial charge in [-0.15, -0.1) is 0 Å². The SMILES string of the molecule is O.[CH2-]CC.[Zr]. The summed E-state index contributed by atoms with van der Waals surface area (Å²) in [6.07, 6.45) is 1.00. The molecule has 1 nitrogen and oxygen atoms in total. The molecule has 0 unspecified atom stereocenters. The Kier molecular flexibility index (Phi) is 71.4. The molecule has 0 spiro atoms. The minimum Gasteiger partial charge on any atom is -0.412 e. The Morgan fingerprint density at radius 2 is 1.60 bits per heavy atom. The summed E-state index contributed by atoms with van der Waals surface area (Å²) in [4.78, 5) is 0. The van der Waals surface area contributed by atoms with Gasteiger partial charge in [0.05, 0.1) is 0 Å². The maximum absolute atomic E-state index is 3.49. The van der Waals surface area contributed by atoms with E-state index >= 15 is 0 Å². The second-order valence-corrected chi connectivity index (χ2v) is 0.500. The van der Waals surface area contributed by atoms with E-state index in [0.29, 0.717) is 0 Å². The molecule has 0 saturated heterocycles. The molecule has 0 heterocycles. The van der Waals surface area contributed by atoms with E-state index in [-0.39, 0.29) is 31.7 Å². The van der Waals surface area contributed by atoms with E-state index in [1.807, 2.05) is 6.92 Å². The zero-order chi connectivity index (χ0) is 2.71. The second-order valence-electron chi connectivity index (χ2n) is 0.500. The Bertz CT molecular complexity index is 6.85. The van der Waals surface area contributed by atoms with Crippen LogP contribution in [0.3, 0.4) is 0 Å². The van der Waals surface area contributed by atoms with Crippen molar-refractivity contribution in [1.82, 2.24) is 0 Å². The Morgan fingerprint density at radius 3 is 1.60 bits per heavy atom.